The van der Waals surface area contributed by atoms with E-state index >= 15 is 0 Å². The lowest BCUT2D eigenvalue weighted by molar-refractivity contribution is -0.136. The Labute approximate surface area is 326 Å². The Balaban J connectivity index is 0.000000264. The van der Waals surface area contributed by atoms with E-state index in [0.29, 0.717) is 43.1 Å². The number of nitrogens with zero attached hydrogens (tertiary/aromatic N) is 3. The molecule has 4 aromatic carbocycles. The molecule has 3 N–H and O–H groups in total. The molecule has 1 unspecified atom stereocenters. The predicted octanol–water partition coefficient (Wildman–Crippen LogP) is 7.84. The van der Waals surface area contributed by atoms with Crippen molar-refractivity contribution in [2.45, 2.75) is 51.2 Å². The summed E-state index contributed by atoms with van der Waals surface area (Å²) < 4.78 is 73.3. The van der Waals surface area contributed by atoms with Crippen LogP contribution in [0.2, 0.25) is 0 Å². The van der Waals surface area contributed by atoms with Crippen molar-refractivity contribution >= 4 is 37.6 Å². The van der Waals surface area contributed by atoms with Crippen molar-refractivity contribution in [1.82, 2.24) is 9.80 Å². The number of piperazine rings is 1. The maximum absolute atomic E-state index is 13.9. The van der Waals surface area contributed by atoms with E-state index in [2.05, 4.69) is 16.8 Å². The van der Waals surface area contributed by atoms with E-state index in [4.69, 9.17) is 20.3 Å². The van der Waals surface area contributed by atoms with Crippen LogP contribution in [-0.4, -0.2) is 99.4 Å². The van der Waals surface area contributed by atoms with Crippen molar-refractivity contribution in [3.05, 3.63) is 88.7 Å². The number of aliphatic carboxylic acids is 1. The van der Waals surface area contributed by atoms with Crippen LogP contribution < -0.4 is 20.1 Å². The van der Waals surface area contributed by atoms with Gasteiger partial charge in [-0.05, 0) is 66.1 Å². The first kappa shape index (κ1) is 44.2. The first-order chi connectivity index (χ1) is 26.5. The first-order valence-corrected chi connectivity index (χ1v) is 18.9. The fourth-order valence-electron chi connectivity index (χ4n) is 7.01. The van der Waals surface area contributed by atoms with Gasteiger partial charge in [0.05, 0.1) is 25.3 Å². The summed E-state index contributed by atoms with van der Waals surface area (Å²) in [6, 6.07) is 18.9. The number of hydrogen-bond donors (Lipinski definition) is 2. The van der Waals surface area contributed by atoms with Gasteiger partial charge < -0.3 is 30.1 Å². The van der Waals surface area contributed by atoms with Gasteiger partial charge in [-0.15, -0.1) is 0 Å². The highest BCUT2D eigenvalue weighted by Gasteiger charge is 2.34. The van der Waals surface area contributed by atoms with E-state index in [1.165, 1.54) is 15.3 Å². The second-order valence-corrected chi connectivity index (χ2v) is 14.3. The molecule has 1 atom stereocenters. The third-order valence-electron chi connectivity index (χ3n) is 9.88. The number of likely N-dealkylation sites (tertiary alicyclic amines) is 1. The van der Waals surface area contributed by atoms with Crippen LogP contribution in [0.25, 0.3) is 21.9 Å². The Morgan fingerprint density at radius 1 is 0.911 bits per heavy atom. The number of carboxylic acids is 1. The number of benzene rings is 4. The number of carbonyl (C=O) groups is 2. The van der Waals surface area contributed by atoms with Crippen molar-refractivity contribution in [3.63, 3.8) is 0 Å². The molecule has 0 saturated carbocycles. The summed E-state index contributed by atoms with van der Waals surface area (Å²) >= 11 is 0. The Hall–Kier alpha value is -4.52. The fourth-order valence-corrected chi connectivity index (χ4v) is 7.01. The minimum Gasteiger partial charge on any atom is -0.496 e. The van der Waals surface area contributed by atoms with Gasteiger partial charge in [-0.1, -0.05) is 51.7 Å². The minimum absolute atomic E-state index is 0.00659. The Bertz CT molecular complexity index is 1940. The number of halogens is 5. The normalized spacial score (nSPS) is 15.7. The number of alkyl halides is 4. The third-order valence-corrected chi connectivity index (χ3v) is 9.88. The van der Waals surface area contributed by atoms with Gasteiger partial charge in [0.1, 0.15) is 17.3 Å². The van der Waals surface area contributed by atoms with Gasteiger partial charge in [-0.2, -0.15) is 0 Å². The molecule has 0 spiro atoms. The van der Waals surface area contributed by atoms with Crippen LogP contribution in [0.4, 0.5) is 27.6 Å². The van der Waals surface area contributed by atoms with Crippen molar-refractivity contribution in [3.8, 4) is 22.6 Å². The number of amides is 1. The lowest BCUT2D eigenvalue weighted by atomic mass is 9.92. The van der Waals surface area contributed by atoms with Crippen molar-refractivity contribution in [2.24, 2.45) is 5.73 Å². The molecule has 9 nitrogen and oxygen atoms in total. The van der Waals surface area contributed by atoms with Crippen LogP contribution in [0.1, 0.15) is 46.3 Å². The van der Waals surface area contributed by atoms with Crippen LogP contribution in [0.3, 0.4) is 0 Å². The van der Waals surface area contributed by atoms with Crippen molar-refractivity contribution < 1.29 is 46.1 Å². The summed E-state index contributed by atoms with van der Waals surface area (Å²) in [5.41, 5.74) is 10.2. The van der Waals surface area contributed by atoms with E-state index in [9.17, 15) is 31.5 Å². The van der Waals surface area contributed by atoms with Gasteiger partial charge in [0.2, 0.25) is 6.17 Å². The third kappa shape index (κ3) is 11.8. The van der Waals surface area contributed by atoms with E-state index < -0.39 is 29.8 Å². The number of rotatable bonds is 10. The quantitative estimate of drug-likeness (QED) is 0.123. The molecule has 304 valence electrons. The van der Waals surface area contributed by atoms with E-state index in [1.807, 2.05) is 59.5 Å². The predicted molar refractivity (Wildman–Crippen MR) is 213 cm³/mol. The zero-order chi connectivity index (χ0) is 41.2. The minimum atomic E-state index is -2.59. The number of carbonyl (C=O) groups excluding carboxylic acids is 1. The van der Waals surface area contributed by atoms with E-state index in [-0.39, 0.29) is 24.8 Å². The average molecular weight is 805 g/mol. The SMILES string of the molecule is COc1ccc(CN2CCC(F)(F)CC2)c(OC)c1-c1cccc2c(CCC(=O)O)cccc12.Cc1cc(N2CCN(C)CC2)cc(F)c1C(N)=O.FC(F)P. The Morgan fingerprint density at radius 2 is 1.54 bits per heavy atom. The summed E-state index contributed by atoms with van der Waals surface area (Å²) in [6.07, 6.45) is -2.04. The molecule has 0 aromatic heterocycles. The van der Waals surface area contributed by atoms with Crippen LogP contribution in [0, 0.1) is 12.7 Å². The highest BCUT2D eigenvalue weighted by molar-refractivity contribution is 7.16. The molecule has 2 fully saturated rings. The number of fused-ring (bicyclic) bond motifs is 1. The number of primary amides is 1. The summed E-state index contributed by atoms with van der Waals surface area (Å²) in [7, 11) is 6.60. The molecule has 56 heavy (non-hydrogen) atoms. The number of ether oxygens (including phenoxy) is 2. The van der Waals surface area contributed by atoms with Gasteiger partial charge in [0.15, 0.2) is 0 Å². The number of nitrogens with two attached hydrogens (primary N) is 1. The molecule has 2 aliphatic rings. The van der Waals surface area contributed by atoms with E-state index in [0.717, 1.165) is 64.9 Å². The monoisotopic (exact) mass is 804 g/mol. The Morgan fingerprint density at radius 3 is 2.11 bits per heavy atom. The number of methoxy groups -OCH3 is 2. The fraction of sp³-hybridized carbons (Fsp3) is 0.415. The van der Waals surface area contributed by atoms with Gasteiger partial charge in [0, 0.05) is 76.3 Å². The number of aryl methyl sites for hydroxylation is 2. The molecule has 4 aromatic rings. The largest absolute Gasteiger partial charge is 0.496 e. The summed E-state index contributed by atoms with van der Waals surface area (Å²) in [4.78, 5) is 28.6. The number of carboxylic acid groups (broad SMARTS) is 1. The Kier molecular flexibility index (Phi) is 15.8. The molecule has 0 radical (unpaired) electrons. The van der Waals surface area contributed by atoms with Crippen LogP contribution in [-0.2, 0) is 17.8 Å². The maximum Gasteiger partial charge on any atom is 0.303 e. The van der Waals surface area contributed by atoms with Crippen LogP contribution >= 0.6 is 9.24 Å². The smallest absolute Gasteiger partial charge is 0.303 e. The summed E-state index contributed by atoms with van der Waals surface area (Å²) in [5, 5.41) is 11.1. The van der Waals surface area contributed by atoms with E-state index in [1.54, 1.807) is 21.1 Å². The molecule has 15 heteroatoms. The molecule has 2 heterocycles. The molecule has 2 saturated heterocycles. The molecule has 0 aliphatic carbocycles. The lowest BCUT2D eigenvalue weighted by Crippen LogP contribution is -2.44. The summed E-state index contributed by atoms with van der Waals surface area (Å²) in [5.74, 6) is -3.37. The molecular weight excluding hydrogens is 754 g/mol. The van der Waals surface area contributed by atoms with Gasteiger partial charge in [0.25, 0.3) is 11.8 Å². The highest BCUT2D eigenvalue weighted by Crippen LogP contribution is 2.44. The molecule has 0 bridgehead atoms. The standard InChI is InChI=1S/C27H29F2NO4.C13H18FN3O.CH3F2P/c1-33-23-11-9-19(17-30-15-13-27(28,29)14-16-30)26(34-2)25(23)22-8-4-6-20-18(10-12-24(31)32)5-3-7-21(20)22;1-9-7-10(8-11(14)12(9)13(15)18)17-5-3-16(2)4-6-17;2-1(3)4/h3-9,11H,10,12-17H2,1-2H3,(H,31,32);7-8H,3-6H2,1-2H3,(H2,15,18);1H,4H2. The zero-order valence-electron chi connectivity index (χ0n) is 32.1. The zero-order valence-corrected chi connectivity index (χ0v) is 33.3. The van der Waals surface area contributed by atoms with Gasteiger partial charge in [-0.25, -0.2) is 22.0 Å². The van der Waals surface area contributed by atoms with Gasteiger partial charge >= 0.3 is 5.97 Å². The molecule has 2 aliphatic heterocycles. The van der Waals surface area contributed by atoms with Crippen molar-refractivity contribution in [1.29, 1.82) is 0 Å². The van der Waals surface area contributed by atoms with Gasteiger partial charge in [-0.3, -0.25) is 14.5 Å². The number of likely N-dealkylation sites (N-methyl/N-ethyl adjacent to an activating group) is 1. The lowest BCUT2D eigenvalue weighted by Gasteiger charge is -2.34. The number of hydrogen-bond acceptors (Lipinski definition) is 7. The maximum atomic E-state index is 13.9. The van der Waals surface area contributed by atoms with Crippen LogP contribution in [0.15, 0.2) is 60.7 Å². The highest BCUT2D eigenvalue weighted by atomic mass is 31.0. The first-order valence-electron chi connectivity index (χ1n) is 18.2. The molecular formula is C41H50F5N4O5P. The topological polar surface area (TPSA) is 109 Å². The van der Waals surface area contributed by atoms with Crippen molar-refractivity contribution in [2.75, 3.05) is 65.4 Å². The molecule has 1 amide bonds. The summed E-state index contributed by atoms with van der Waals surface area (Å²) in [6.45, 7) is 6.53. The second-order valence-electron chi connectivity index (χ2n) is 13.8. The van der Waals surface area contributed by atoms with Crippen LogP contribution in [0.5, 0.6) is 11.5 Å². The number of piperidine rings is 1. The molecule has 6 rings (SSSR count). The average Bonchev–Trinajstić information content (AvgIpc) is 3.14. The second kappa shape index (κ2) is 20.1. The number of anilines is 1.